The maximum absolute atomic E-state index is 13.1. The maximum Gasteiger partial charge on any atom is 0.472 e. The summed E-state index contributed by atoms with van der Waals surface area (Å²) in [5.74, 6) is -0.594. The summed E-state index contributed by atoms with van der Waals surface area (Å²) in [6.45, 7) is 9.61. The van der Waals surface area contributed by atoms with Crippen LogP contribution in [0.5, 0.6) is 0 Å². The number of phosphoric acid groups is 2. The fourth-order valence-electron chi connectivity index (χ4n) is 12.4. The van der Waals surface area contributed by atoms with Gasteiger partial charge in [-0.15, -0.1) is 0 Å². The average Bonchev–Trinajstić information content (AvgIpc) is 1.51. The van der Waals surface area contributed by atoms with E-state index in [0.29, 0.717) is 25.7 Å². The van der Waals surface area contributed by atoms with Gasteiger partial charge < -0.3 is 33.8 Å². The largest absolute Gasteiger partial charge is 0.472 e. The van der Waals surface area contributed by atoms with Crippen molar-refractivity contribution in [2.24, 2.45) is 11.8 Å². The number of carbonyl (C=O) groups excluding carboxylic acids is 4. The molecule has 0 aromatic carbocycles. The Balaban J connectivity index is 5.24. The highest BCUT2D eigenvalue weighted by atomic mass is 31.2. The number of phosphoric ester groups is 2. The number of hydrogen-bond donors (Lipinski definition) is 3. The van der Waals surface area contributed by atoms with Crippen LogP contribution in [-0.4, -0.2) is 96.7 Å². The van der Waals surface area contributed by atoms with Crippen molar-refractivity contribution in [3.8, 4) is 0 Å². The third-order valence-electron chi connectivity index (χ3n) is 18.7. The number of esters is 4. The number of hydrogen-bond acceptors (Lipinski definition) is 15. The Labute approximate surface area is 607 Å². The van der Waals surface area contributed by atoms with Crippen LogP contribution in [0, 0.1) is 11.8 Å². The monoisotopic (exact) mass is 1450 g/mol. The number of rotatable bonds is 79. The Kier molecular flexibility index (Phi) is 70.3. The zero-order valence-corrected chi connectivity index (χ0v) is 66.6. The molecule has 0 saturated heterocycles. The predicted molar refractivity (Wildman–Crippen MR) is 405 cm³/mol. The van der Waals surface area contributed by atoms with Crippen molar-refractivity contribution >= 4 is 39.5 Å². The molecule has 588 valence electrons. The van der Waals surface area contributed by atoms with Gasteiger partial charge in [-0.25, -0.2) is 9.13 Å². The minimum absolute atomic E-state index is 0.107. The van der Waals surface area contributed by atoms with Crippen molar-refractivity contribution in [2.45, 2.75) is 439 Å². The number of aliphatic hydroxyl groups excluding tert-OH is 1. The molecule has 2 unspecified atom stereocenters. The van der Waals surface area contributed by atoms with E-state index < -0.39 is 97.5 Å². The number of carbonyl (C=O) groups is 4. The van der Waals surface area contributed by atoms with Gasteiger partial charge in [-0.05, 0) is 37.5 Å². The van der Waals surface area contributed by atoms with Crippen molar-refractivity contribution in [1.29, 1.82) is 0 Å². The molecule has 17 nitrogen and oxygen atoms in total. The minimum atomic E-state index is -4.96. The van der Waals surface area contributed by atoms with Gasteiger partial charge in [0.2, 0.25) is 0 Å². The number of unbranched alkanes of at least 4 members (excludes halogenated alkanes) is 49. The second kappa shape index (κ2) is 71.7. The molecule has 0 saturated carbocycles. The van der Waals surface area contributed by atoms with Crippen molar-refractivity contribution in [2.75, 3.05) is 39.6 Å². The van der Waals surface area contributed by atoms with Gasteiger partial charge in [0.05, 0.1) is 26.4 Å². The van der Waals surface area contributed by atoms with Crippen LogP contribution < -0.4 is 0 Å². The predicted octanol–water partition coefficient (Wildman–Crippen LogP) is 23.9. The third-order valence-corrected chi connectivity index (χ3v) is 20.6. The summed E-state index contributed by atoms with van der Waals surface area (Å²) in [7, 11) is -9.92. The van der Waals surface area contributed by atoms with Crippen LogP contribution in [0.3, 0.4) is 0 Å². The third kappa shape index (κ3) is 74.1. The first-order valence-corrected chi connectivity index (χ1v) is 44.5. The van der Waals surface area contributed by atoms with Crippen LogP contribution >= 0.6 is 15.6 Å². The summed E-state index contributed by atoms with van der Waals surface area (Å²) in [5.41, 5.74) is 0. The first-order chi connectivity index (χ1) is 47.9. The summed E-state index contributed by atoms with van der Waals surface area (Å²) in [6.07, 6.45) is 61.0. The molecule has 0 rings (SSSR count). The minimum Gasteiger partial charge on any atom is -0.462 e. The van der Waals surface area contributed by atoms with E-state index in [0.717, 1.165) is 102 Å². The van der Waals surface area contributed by atoms with Crippen LogP contribution in [0.15, 0.2) is 0 Å². The molecule has 0 aromatic rings. The van der Waals surface area contributed by atoms with E-state index in [-0.39, 0.29) is 25.7 Å². The van der Waals surface area contributed by atoms with Crippen molar-refractivity contribution < 1.29 is 80.2 Å². The van der Waals surface area contributed by atoms with Crippen molar-refractivity contribution in [1.82, 2.24) is 0 Å². The SMILES string of the molecule is CCCCCCCCCCCCCCCCCCCCCCC(=O)O[C@H](COC(=O)CCCCCCCCCCCCCC(C)C)COP(=O)(O)OC[C@@H](O)COP(=O)(O)OC[C@@H](COC(=O)CCCCCCCCCCCC(C)C)OC(=O)CCCCCCCCCCCCCCC. The van der Waals surface area contributed by atoms with Gasteiger partial charge in [-0.1, -0.05) is 369 Å². The standard InChI is InChI=1S/C80H156O17P2/c1-7-9-11-13-15-17-19-21-22-23-24-25-26-27-29-33-40-47-53-59-65-80(85)96-75(68-90-77(82)62-56-50-44-38-34-30-31-36-42-48-54-60-72(3)4)70-94-98(86,87)92-66-74(81)67-93-99(88,89)95-71-76(69-91-78(83)63-57-51-45-41-35-37-43-49-55-61-73(5)6)97-79(84)64-58-52-46-39-32-28-20-18-16-14-12-10-8-2/h72-76,81H,7-71H2,1-6H3,(H,86,87)(H,88,89)/t74-,75-,76-/m1/s1. The Morgan fingerprint density at radius 3 is 0.687 bits per heavy atom. The second-order valence-electron chi connectivity index (χ2n) is 29.8. The van der Waals surface area contributed by atoms with E-state index in [1.807, 2.05) is 0 Å². The summed E-state index contributed by atoms with van der Waals surface area (Å²) < 4.78 is 68.7. The Morgan fingerprint density at radius 2 is 0.465 bits per heavy atom. The Hall–Kier alpha value is -1.94. The smallest absolute Gasteiger partial charge is 0.462 e. The topological polar surface area (TPSA) is 237 Å². The van der Waals surface area contributed by atoms with Crippen LogP contribution in [0.1, 0.15) is 420 Å². The van der Waals surface area contributed by atoms with E-state index >= 15 is 0 Å². The van der Waals surface area contributed by atoms with Gasteiger partial charge in [0, 0.05) is 25.7 Å². The van der Waals surface area contributed by atoms with Crippen LogP contribution in [0.4, 0.5) is 0 Å². The highest BCUT2D eigenvalue weighted by molar-refractivity contribution is 7.47. The lowest BCUT2D eigenvalue weighted by molar-refractivity contribution is -0.161. The maximum atomic E-state index is 13.1. The molecule has 0 aromatic heterocycles. The molecule has 0 aliphatic carbocycles. The van der Waals surface area contributed by atoms with E-state index in [4.69, 9.17) is 37.0 Å². The second-order valence-corrected chi connectivity index (χ2v) is 32.7. The van der Waals surface area contributed by atoms with E-state index in [9.17, 15) is 43.2 Å². The highest BCUT2D eigenvalue weighted by Gasteiger charge is 2.30. The van der Waals surface area contributed by atoms with Gasteiger partial charge in [0.25, 0.3) is 0 Å². The molecule has 3 N–H and O–H groups in total. The van der Waals surface area contributed by atoms with Gasteiger partial charge in [-0.3, -0.25) is 37.3 Å². The summed E-state index contributed by atoms with van der Waals surface area (Å²) in [6, 6.07) is 0. The molecular formula is C80H156O17P2. The van der Waals surface area contributed by atoms with Gasteiger partial charge >= 0.3 is 39.5 Å². The first-order valence-electron chi connectivity index (χ1n) is 41.5. The van der Waals surface area contributed by atoms with Gasteiger partial charge in [0.1, 0.15) is 19.3 Å². The molecule has 0 amide bonds. The lowest BCUT2D eigenvalue weighted by Gasteiger charge is -2.21. The fraction of sp³-hybridized carbons (Fsp3) is 0.950. The summed E-state index contributed by atoms with van der Waals surface area (Å²) in [5, 5.41) is 10.6. The summed E-state index contributed by atoms with van der Waals surface area (Å²) >= 11 is 0. The molecule has 0 aliphatic heterocycles. The Morgan fingerprint density at radius 1 is 0.273 bits per heavy atom. The fourth-order valence-corrected chi connectivity index (χ4v) is 13.9. The first kappa shape index (κ1) is 97.1. The van der Waals surface area contributed by atoms with Crippen LogP contribution in [0.25, 0.3) is 0 Å². The normalized spacial score (nSPS) is 13.9. The van der Waals surface area contributed by atoms with E-state index in [2.05, 4.69) is 41.5 Å². The average molecular weight is 1450 g/mol. The van der Waals surface area contributed by atoms with Crippen LogP contribution in [-0.2, 0) is 65.4 Å². The Bertz CT molecular complexity index is 1910. The van der Waals surface area contributed by atoms with E-state index in [1.54, 1.807) is 0 Å². The molecule has 99 heavy (non-hydrogen) atoms. The molecule has 0 fully saturated rings. The molecule has 19 heteroatoms. The molecule has 0 spiro atoms. The zero-order valence-electron chi connectivity index (χ0n) is 64.8. The molecule has 0 bridgehead atoms. The lowest BCUT2D eigenvalue weighted by Crippen LogP contribution is -2.30. The van der Waals surface area contributed by atoms with E-state index in [1.165, 1.54) is 238 Å². The molecule has 0 radical (unpaired) electrons. The zero-order chi connectivity index (χ0) is 72.8. The molecule has 0 heterocycles. The lowest BCUT2D eigenvalue weighted by atomic mass is 10.0. The van der Waals surface area contributed by atoms with Gasteiger partial charge in [-0.2, -0.15) is 0 Å². The highest BCUT2D eigenvalue weighted by Crippen LogP contribution is 2.45. The number of aliphatic hydroxyl groups is 1. The number of ether oxygens (including phenoxy) is 4. The molecule has 5 atom stereocenters. The van der Waals surface area contributed by atoms with Crippen molar-refractivity contribution in [3.05, 3.63) is 0 Å². The van der Waals surface area contributed by atoms with Crippen LogP contribution in [0.2, 0.25) is 0 Å². The quantitative estimate of drug-likeness (QED) is 0.0222. The molecular weight excluding hydrogens is 1290 g/mol. The van der Waals surface area contributed by atoms with Crippen molar-refractivity contribution in [3.63, 3.8) is 0 Å². The molecule has 0 aliphatic rings. The van der Waals surface area contributed by atoms with Gasteiger partial charge in [0.15, 0.2) is 12.2 Å². The summed E-state index contributed by atoms with van der Waals surface area (Å²) in [4.78, 5) is 73.0.